The molecule has 6 nitrogen and oxygen atoms in total. The van der Waals surface area contributed by atoms with Gasteiger partial charge in [-0.15, -0.1) is 0 Å². The monoisotopic (exact) mass is 458 g/mol. The second kappa shape index (κ2) is 11.0. The third kappa shape index (κ3) is 5.70. The number of rotatable bonds is 9. The first-order valence-corrected chi connectivity index (χ1v) is 13.0. The highest BCUT2D eigenvalue weighted by atomic mass is 32.2. The van der Waals surface area contributed by atoms with Gasteiger partial charge in [-0.25, -0.2) is 8.42 Å². The van der Waals surface area contributed by atoms with Crippen molar-refractivity contribution in [3.05, 3.63) is 54.1 Å². The zero-order valence-corrected chi connectivity index (χ0v) is 20.0. The molecule has 2 unspecified atom stereocenters. The van der Waals surface area contributed by atoms with Gasteiger partial charge < -0.3 is 10.1 Å². The summed E-state index contributed by atoms with van der Waals surface area (Å²) < 4.78 is 33.3. The molecule has 3 rings (SSSR count). The van der Waals surface area contributed by atoms with Gasteiger partial charge in [0.05, 0.1) is 4.90 Å². The second-order valence-corrected chi connectivity index (χ2v) is 10.3. The van der Waals surface area contributed by atoms with Crippen LogP contribution in [0.25, 0.3) is 0 Å². The molecule has 32 heavy (non-hydrogen) atoms. The molecular weight excluding hydrogens is 424 g/mol. The Balaban J connectivity index is 1.68. The summed E-state index contributed by atoms with van der Waals surface area (Å²) in [6.45, 7) is 7.30. The summed E-state index contributed by atoms with van der Waals surface area (Å²) in [6.07, 6.45) is 3.71. The molecule has 0 spiro atoms. The van der Waals surface area contributed by atoms with Gasteiger partial charge in [0, 0.05) is 18.8 Å². The number of piperidine rings is 1. The van der Waals surface area contributed by atoms with Crippen molar-refractivity contribution in [2.75, 3.05) is 18.4 Å². The number of carbonyl (C=O) groups is 1. The fourth-order valence-corrected chi connectivity index (χ4v) is 5.39. The van der Waals surface area contributed by atoms with E-state index in [4.69, 9.17) is 4.74 Å². The van der Waals surface area contributed by atoms with Gasteiger partial charge in [0.2, 0.25) is 10.0 Å². The van der Waals surface area contributed by atoms with E-state index in [1.807, 2.05) is 31.2 Å². The van der Waals surface area contributed by atoms with E-state index in [9.17, 15) is 13.2 Å². The summed E-state index contributed by atoms with van der Waals surface area (Å²) in [5, 5.41) is 2.86. The predicted molar refractivity (Wildman–Crippen MR) is 128 cm³/mol. The Bertz CT molecular complexity index is 999. The number of benzene rings is 2. The number of sulfonamides is 1. The van der Waals surface area contributed by atoms with Crippen molar-refractivity contribution in [1.29, 1.82) is 0 Å². The van der Waals surface area contributed by atoms with Crippen molar-refractivity contribution in [3.63, 3.8) is 0 Å². The highest BCUT2D eigenvalue weighted by Crippen LogP contribution is 2.30. The molecule has 0 saturated carbocycles. The normalized spacial score (nSPS) is 16.8. The molecule has 0 radical (unpaired) electrons. The molecule has 2 aromatic rings. The van der Waals surface area contributed by atoms with Gasteiger partial charge in [-0.05, 0) is 67.5 Å². The zero-order valence-electron chi connectivity index (χ0n) is 19.2. The fourth-order valence-electron chi connectivity index (χ4n) is 3.88. The fraction of sp³-hybridized carbons (Fsp3) is 0.480. The van der Waals surface area contributed by atoms with Crippen LogP contribution < -0.4 is 10.1 Å². The van der Waals surface area contributed by atoms with E-state index in [-0.39, 0.29) is 10.8 Å². The average Bonchev–Trinajstić information content (AvgIpc) is 2.83. The smallest absolute Gasteiger partial charge is 0.265 e. The number of hydrogen-bond acceptors (Lipinski definition) is 4. The van der Waals surface area contributed by atoms with E-state index >= 15 is 0 Å². The maximum absolute atomic E-state index is 12.9. The van der Waals surface area contributed by atoms with Crippen molar-refractivity contribution in [3.8, 4) is 5.75 Å². The zero-order chi connectivity index (χ0) is 23.1. The third-order valence-corrected chi connectivity index (χ3v) is 7.98. The lowest BCUT2D eigenvalue weighted by atomic mass is 9.98. The van der Waals surface area contributed by atoms with Crippen molar-refractivity contribution in [2.45, 2.75) is 69.8 Å². The topological polar surface area (TPSA) is 75.7 Å². The predicted octanol–water partition coefficient (Wildman–Crippen LogP) is 5.17. The second-order valence-electron chi connectivity index (χ2n) is 8.34. The summed E-state index contributed by atoms with van der Waals surface area (Å²) in [5.74, 6) is 0.811. The lowest BCUT2D eigenvalue weighted by Gasteiger charge is -2.26. The molecule has 1 aliphatic rings. The van der Waals surface area contributed by atoms with E-state index in [2.05, 4.69) is 19.2 Å². The van der Waals surface area contributed by atoms with E-state index in [1.54, 1.807) is 28.6 Å². The Hall–Kier alpha value is -2.38. The van der Waals surface area contributed by atoms with Gasteiger partial charge in [-0.1, -0.05) is 45.4 Å². The maximum Gasteiger partial charge on any atom is 0.265 e. The molecule has 2 atom stereocenters. The van der Waals surface area contributed by atoms with Gasteiger partial charge in [-0.3, -0.25) is 4.79 Å². The summed E-state index contributed by atoms with van der Waals surface area (Å²) in [4.78, 5) is 13.1. The number of para-hydroxylation sites is 1. The quantitative estimate of drug-likeness (QED) is 0.562. The number of amides is 1. The lowest BCUT2D eigenvalue weighted by molar-refractivity contribution is -0.122. The molecule has 1 heterocycles. The molecule has 174 valence electrons. The molecule has 0 aliphatic carbocycles. The van der Waals surface area contributed by atoms with Crippen LogP contribution in [0.5, 0.6) is 5.75 Å². The molecule has 1 fully saturated rings. The Kier molecular flexibility index (Phi) is 8.32. The molecule has 1 N–H and O–H groups in total. The standard InChI is InChI=1S/C25H34N2O4S/c1-4-19(3)22-11-7-8-12-24(22)31-23(5-2)25(28)26-20-13-15-21(16-14-20)32(29,30)27-17-9-6-10-18-27/h7-8,11-16,19,23H,4-6,9-10,17-18H2,1-3H3,(H,26,28). The van der Waals surface area contributed by atoms with Crippen LogP contribution in [0.2, 0.25) is 0 Å². The van der Waals surface area contributed by atoms with Gasteiger partial charge >= 0.3 is 0 Å². The Morgan fingerprint density at radius 1 is 1.00 bits per heavy atom. The number of nitrogens with zero attached hydrogens (tertiary/aromatic N) is 1. The number of carbonyl (C=O) groups excluding carboxylic acids is 1. The molecule has 1 aliphatic heterocycles. The van der Waals surface area contributed by atoms with Crippen LogP contribution in [-0.4, -0.2) is 37.8 Å². The highest BCUT2D eigenvalue weighted by Gasteiger charge is 2.26. The largest absolute Gasteiger partial charge is 0.480 e. The number of anilines is 1. The average molecular weight is 459 g/mol. The van der Waals surface area contributed by atoms with E-state index in [0.29, 0.717) is 31.1 Å². The third-order valence-electron chi connectivity index (χ3n) is 6.07. The van der Waals surface area contributed by atoms with Gasteiger partial charge in [0.1, 0.15) is 5.75 Å². The summed E-state index contributed by atoms with van der Waals surface area (Å²) in [5.41, 5.74) is 1.64. The van der Waals surface area contributed by atoms with Crippen LogP contribution in [0, 0.1) is 0 Å². The van der Waals surface area contributed by atoms with Crippen LogP contribution in [-0.2, 0) is 14.8 Å². The summed E-state index contributed by atoms with van der Waals surface area (Å²) in [6, 6.07) is 14.2. The molecule has 7 heteroatoms. The minimum Gasteiger partial charge on any atom is -0.480 e. The van der Waals surface area contributed by atoms with Crippen LogP contribution >= 0.6 is 0 Å². The van der Waals surface area contributed by atoms with Crippen LogP contribution in [0.1, 0.15) is 64.4 Å². The summed E-state index contributed by atoms with van der Waals surface area (Å²) >= 11 is 0. The number of ether oxygens (including phenoxy) is 1. The first-order valence-electron chi connectivity index (χ1n) is 11.5. The van der Waals surface area contributed by atoms with E-state index in [1.165, 1.54) is 0 Å². The van der Waals surface area contributed by atoms with Gasteiger partial charge in [-0.2, -0.15) is 4.31 Å². The SMILES string of the molecule is CCC(Oc1ccccc1C(C)CC)C(=O)Nc1ccc(S(=O)(=O)N2CCCCC2)cc1. The molecule has 2 aromatic carbocycles. The highest BCUT2D eigenvalue weighted by molar-refractivity contribution is 7.89. The lowest BCUT2D eigenvalue weighted by Crippen LogP contribution is -2.35. The first-order chi connectivity index (χ1) is 15.4. The molecular formula is C25H34N2O4S. The molecule has 0 aromatic heterocycles. The van der Waals surface area contributed by atoms with Crippen LogP contribution in [0.15, 0.2) is 53.4 Å². The minimum atomic E-state index is -3.49. The van der Waals surface area contributed by atoms with E-state index in [0.717, 1.165) is 37.0 Å². The van der Waals surface area contributed by atoms with Gasteiger partial charge in [0.15, 0.2) is 6.10 Å². The molecule has 0 bridgehead atoms. The Morgan fingerprint density at radius 2 is 1.66 bits per heavy atom. The van der Waals surface area contributed by atoms with Crippen molar-refractivity contribution in [2.24, 2.45) is 0 Å². The number of nitrogens with one attached hydrogen (secondary N) is 1. The maximum atomic E-state index is 12.9. The van der Waals surface area contributed by atoms with E-state index < -0.39 is 16.1 Å². The Labute approximate surface area is 192 Å². The van der Waals surface area contributed by atoms with Crippen LogP contribution in [0.4, 0.5) is 5.69 Å². The van der Waals surface area contributed by atoms with Crippen LogP contribution in [0.3, 0.4) is 0 Å². The van der Waals surface area contributed by atoms with Crippen molar-refractivity contribution < 1.29 is 17.9 Å². The number of hydrogen-bond donors (Lipinski definition) is 1. The van der Waals surface area contributed by atoms with Crippen molar-refractivity contribution >= 4 is 21.6 Å². The minimum absolute atomic E-state index is 0.252. The molecule has 1 amide bonds. The Morgan fingerprint density at radius 3 is 2.28 bits per heavy atom. The van der Waals surface area contributed by atoms with Gasteiger partial charge in [0.25, 0.3) is 5.91 Å². The molecule has 1 saturated heterocycles. The first kappa shape index (κ1) is 24.3. The van der Waals surface area contributed by atoms with Crippen molar-refractivity contribution in [1.82, 2.24) is 4.31 Å². The summed E-state index contributed by atoms with van der Waals surface area (Å²) in [7, 11) is -3.49.